The van der Waals surface area contributed by atoms with Gasteiger partial charge in [0.15, 0.2) is 6.10 Å². The van der Waals surface area contributed by atoms with Crippen molar-refractivity contribution in [1.82, 2.24) is 0 Å². The zero-order chi connectivity index (χ0) is 55.7. The highest BCUT2D eigenvalue weighted by atomic mass is 16.6. The van der Waals surface area contributed by atoms with Gasteiger partial charge in [-0.2, -0.15) is 0 Å². The van der Waals surface area contributed by atoms with Crippen molar-refractivity contribution in [2.24, 2.45) is 0 Å². The summed E-state index contributed by atoms with van der Waals surface area (Å²) in [7, 11) is 0. The summed E-state index contributed by atoms with van der Waals surface area (Å²) >= 11 is 0. The van der Waals surface area contributed by atoms with Crippen molar-refractivity contribution in [2.75, 3.05) is 13.2 Å². The van der Waals surface area contributed by atoms with Gasteiger partial charge in [0.05, 0.1) is 0 Å². The van der Waals surface area contributed by atoms with Crippen LogP contribution in [0.25, 0.3) is 0 Å². The molecule has 1 atom stereocenters. The average molecular weight is 1080 g/mol. The predicted molar refractivity (Wildman–Crippen MR) is 335 cm³/mol. The Hall–Kier alpha value is -2.89. The molecule has 77 heavy (non-hydrogen) atoms. The molecule has 0 saturated carbocycles. The van der Waals surface area contributed by atoms with Crippen LogP contribution >= 0.6 is 0 Å². The first-order chi connectivity index (χ1) is 38.0. The molecule has 1 unspecified atom stereocenters. The van der Waals surface area contributed by atoms with E-state index in [1.54, 1.807) is 0 Å². The first kappa shape index (κ1) is 74.1. The summed E-state index contributed by atoms with van der Waals surface area (Å²) in [6, 6.07) is 0. The van der Waals surface area contributed by atoms with Crippen LogP contribution in [0.3, 0.4) is 0 Å². The molecule has 0 radical (unpaired) electrons. The van der Waals surface area contributed by atoms with Crippen LogP contribution in [-0.2, 0) is 28.6 Å². The van der Waals surface area contributed by atoms with E-state index in [4.69, 9.17) is 14.2 Å². The Kier molecular flexibility index (Phi) is 63.2. The lowest BCUT2D eigenvalue weighted by Crippen LogP contribution is -2.30. The lowest BCUT2D eigenvalue weighted by molar-refractivity contribution is -0.167. The molecule has 0 bridgehead atoms. The Morgan fingerprint density at radius 3 is 0.805 bits per heavy atom. The summed E-state index contributed by atoms with van der Waals surface area (Å²) < 4.78 is 16.9. The van der Waals surface area contributed by atoms with Gasteiger partial charge >= 0.3 is 17.9 Å². The van der Waals surface area contributed by atoms with E-state index in [0.717, 1.165) is 83.5 Å². The molecule has 0 saturated heterocycles. The van der Waals surface area contributed by atoms with Crippen LogP contribution < -0.4 is 0 Å². The lowest BCUT2D eigenvalue weighted by Gasteiger charge is -2.18. The molecule has 0 N–H and O–H groups in total. The zero-order valence-electron chi connectivity index (χ0n) is 51.5. The minimum Gasteiger partial charge on any atom is -0.462 e. The molecule has 0 aliphatic carbocycles. The van der Waals surface area contributed by atoms with E-state index < -0.39 is 6.10 Å². The minimum atomic E-state index is -0.773. The van der Waals surface area contributed by atoms with Crippen LogP contribution in [0, 0.1) is 0 Å². The molecule has 0 amide bonds. The number of carbonyl (C=O) groups is 3. The normalized spacial score (nSPS) is 12.4. The Bertz CT molecular complexity index is 1380. The van der Waals surface area contributed by atoms with Gasteiger partial charge in [0.25, 0.3) is 0 Å². The summed E-state index contributed by atoms with van der Waals surface area (Å²) in [6.07, 6.45) is 83.8. The molecule has 6 nitrogen and oxygen atoms in total. The number of unbranched alkanes of at least 4 members (excludes halogenated alkanes) is 41. The number of allylic oxidation sites excluding steroid dienone is 10. The monoisotopic (exact) mass is 1080 g/mol. The molecular weight excluding hydrogens is 949 g/mol. The summed E-state index contributed by atoms with van der Waals surface area (Å²) in [5.74, 6) is -0.852. The average Bonchev–Trinajstić information content (AvgIpc) is 3.43. The molecule has 448 valence electrons. The Morgan fingerprint density at radius 1 is 0.273 bits per heavy atom. The van der Waals surface area contributed by atoms with Crippen molar-refractivity contribution >= 4 is 17.9 Å². The maximum absolute atomic E-state index is 12.9. The van der Waals surface area contributed by atoms with Gasteiger partial charge in [0.2, 0.25) is 0 Å². The van der Waals surface area contributed by atoms with Crippen molar-refractivity contribution in [3.63, 3.8) is 0 Å². The van der Waals surface area contributed by atoms with Crippen LogP contribution in [0.2, 0.25) is 0 Å². The summed E-state index contributed by atoms with van der Waals surface area (Å²) in [5.41, 5.74) is 0. The first-order valence-corrected chi connectivity index (χ1v) is 33.8. The highest BCUT2D eigenvalue weighted by molar-refractivity contribution is 5.71. The van der Waals surface area contributed by atoms with E-state index in [0.29, 0.717) is 19.3 Å². The van der Waals surface area contributed by atoms with Crippen molar-refractivity contribution in [1.29, 1.82) is 0 Å². The van der Waals surface area contributed by atoms with Gasteiger partial charge in [0, 0.05) is 19.3 Å². The van der Waals surface area contributed by atoms with Crippen LogP contribution in [0.15, 0.2) is 60.8 Å². The molecule has 0 aromatic carbocycles. The predicted octanol–water partition coefficient (Wildman–Crippen LogP) is 23.1. The van der Waals surface area contributed by atoms with E-state index in [1.165, 1.54) is 231 Å². The molecule has 0 heterocycles. The van der Waals surface area contributed by atoms with E-state index in [9.17, 15) is 14.4 Å². The SMILES string of the molecule is CC/C=C\C/C=C\C/C=C\C/C=C\CCCCCCCCCCCCCCCCC(=O)OCC(COC(=O)CCCCCCCCCCCCC)OC(=O)CCCCCCCCCCC/C=C\CCCCCCCCCC. The second-order valence-electron chi connectivity index (χ2n) is 22.7. The summed E-state index contributed by atoms with van der Waals surface area (Å²) in [4.78, 5) is 38.3. The highest BCUT2D eigenvalue weighted by Gasteiger charge is 2.19. The third-order valence-electron chi connectivity index (χ3n) is 15.0. The Labute approximate surface area is 479 Å². The molecule has 0 spiro atoms. The fourth-order valence-corrected chi connectivity index (χ4v) is 9.96. The number of esters is 3. The van der Waals surface area contributed by atoms with E-state index in [1.807, 2.05) is 0 Å². The van der Waals surface area contributed by atoms with Crippen molar-refractivity contribution < 1.29 is 28.6 Å². The Balaban J connectivity index is 4.21. The van der Waals surface area contributed by atoms with Gasteiger partial charge < -0.3 is 14.2 Å². The fraction of sp³-hybridized carbons (Fsp3) is 0.817. The van der Waals surface area contributed by atoms with E-state index in [-0.39, 0.29) is 31.1 Å². The molecule has 0 rings (SSSR count). The first-order valence-electron chi connectivity index (χ1n) is 33.8. The third-order valence-corrected chi connectivity index (χ3v) is 15.0. The van der Waals surface area contributed by atoms with Gasteiger partial charge in [-0.3, -0.25) is 14.4 Å². The van der Waals surface area contributed by atoms with Crippen LogP contribution in [-0.4, -0.2) is 37.2 Å². The van der Waals surface area contributed by atoms with Crippen LogP contribution in [0.1, 0.15) is 355 Å². The molecule has 0 aliphatic heterocycles. The van der Waals surface area contributed by atoms with Gasteiger partial charge in [0.1, 0.15) is 13.2 Å². The largest absolute Gasteiger partial charge is 0.462 e. The standard InChI is InChI=1S/C71H128O6/c1-4-7-10-13-16-19-22-24-26-28-30-32-33-34-35-36-37-39-40-42-44-46-49-52-55-58-61-64-70(73)76-67-68(66-75-69(72)63-60-57-54-51-48-21-18-15-12-9-6-3)77-71(74)65-62-59-56-53-50-47-45-43-41-38-31-29-27-25-23-20-17-14-11-8-5-2/h7,10,16,19,24,26,29-32,68H,4-6,8-9,11-15,17-18,20-23,25,27-28,33-67H2,1-3H3/b10-7-,19-16-,26-24-,31-29-,32-30-. The van der Waals surface area contributed by atoms with Gasteiger partial charge in [-0.05, 0) is 83.5 Å². The quantitative estimate of drug-likeness (QED) is 0.0261. The van der Waals surface area contributed by atoms with Crippen molar-refractivity contribution in [3.05, 3.63) is 60.8 Å². The molecular formula is C71H128O6. The van der Waals surface area contributed by atoms with E-state index in [2.05, 4.69) is 81.5 Å². The van der Waals surface area contributed by atoms with Gasteiger partial charge in [-0.15, -0.1) is 0 Å². The lowest BCUT2D eigenvalue weighted by atomic mass is 10.0. The molecule has 0 aromatic heterocycles. The number of rotatable bonds is 62. The topological polar surface area (TPSA) is 78.9 Å². The molecule has 0 aromatic rings. The minimum absolute atomic E-state index is 0.0702. The summed E-state index contributed by atoms with van der Waals surface area (Å²) in [6.45, 7) is 6.57. The molecule has 0 fully saturated rings. The number of carbonyl (C=O) groups excluding carboxylic acids is 3. The second kappa shape index (κ2) is 65.6. The van der Waals surface area contributed by atoms with Crippen LogP contribution in [0.5, 0.6) is 0 Å². The van der Waals surface area contributed by atoms with Crippen LogP contribution in [0.4, 0.5) is 0 Å². The third kappa shape index (κ3) is 63.8. The maximum atomic E-state index is 12.9. The van der Waals surface area contributed by atoms with E-state index >= 15 is 0 Å². The summed E-state index contributed by atoms with van der Waals surface area (Å²) in [5, 5.41) is 0. The Morgan fingerprint density at radius 2 is 0.506 bits per heavy atom. The van der Waals surface area contributed by atoms with Crippen molar-refractivity contribution in [2.45, 2.75) is 361 Å². The van der Waals surface area contributed by atoms with Gasteiger partial charge in [-0.1, -0.05) is 313 Å². The van der Waals surface area contributed by atoms with Gasteiger partial charge in [-0.25, -0.2) is 0 Å². The zero-order valence-corrected chi connectivity index (χ0v) is 51.5. The smallest absolute Gasteiger partial charge is 0.306 e. The van der Waals surface area contributed by atoms with Crippen molar-refractivity contribution in [3.8, 4) is 0 Å². The second-order valence-corrected chi connectivity index (χ2v) is 22.7. The molecule has 6 heteroatoms. The molecule has 0 aliphatic rings. The fourth-order valence-electron chi connectivity index (χ4n) is 9.96. The maximum Gasteiger partial charge on any atom is 0.306 e. The number of ether oxygens (including phenoxy) is 3. The number of hydrogen-bond acceptors (Lipinski definition) is 6. The number of hydrogen-bond donors (Lipinski definition) is 0. The highest BCUT2D eigenvalue weighted by Crippen LogP contribution is 2.17.